The molecule has 0 aliphatic heterocycles. The number of benzene rings is 3. The zero-order valence-electron chi connectivity index (χ0n) is 19.2. The number of aliphatic carboxylic acids is 1. The second-order valence-electron chi connectivity index (χ2n) is 9.01. The number of carboxylic acid groups (broad SMARTS) is 1. The van der Waals surface area contributed by atoms with E-state index in [0.29, 0.717) is 11.3 Å². The summed E-state index contributed by atoms with van der Waals surface area (Å²) in [6.45, 7) is 1.47. The first-order valence-corrected chi connectivity index (χ1v) is 11.6. The zero-order chi connectivity index (χ0) is 24.5. The van der Waals surface area contributed by atoms with Crippen molar-refractivity contribution in [1.82, 2.24) is 0 Å². The molecule has 35 heavy (non-hydrogen) atoms. The van der Waals surface area contributed by atoms with E-state index in [4.69, 9.17) is 0 Å². The number of carbonyl (C=O) groups excluding carboxylic acids is 2. The number of Topliss-reactive ketones (excluding diaryl/α,β-unsaturated/α-hetero) is 1. The summed E-state index contributed by atoms with van der Waals surface area (Å²) in [5.41, 5.74) is 4.90. The van der Waals surface area contributed by atoms with Gasteiger partial charge >= 0.3 is 5.97 Å². The fraction of sp³-hybridized carbons (Fsp3) is 0.167. The summed E-state index contributed by atoms with van der Waals surface area (Å²) in [5, 5.41) is 13.1. The topological polar surface area (TPSA) is 83.5 Å². The Morgan fingerprint density at radius 2 is 1.26 bits per heavy atom. The highest BCUT2D eigenvalue weighted by Crippen LogP contribution is 2.55. The van der Waals surface area contributed by atoms with Gasteiger partial charge in [0.25, 0.3) is 0 Å². The molecule has 0 heterocycles. The Kier molecular flexibility index (Phi) is 5.91. The predicted molar refractivity (Wildman–Crippen MR) is 135 cm³/mol. The molecule has 0 unspecified atom stereocenters. The number of anilines is 1. The van der Waals surface area contributed by atoms with Crippen molar-refractivity contribution < 1.29 is 19.5 Å². The monoisotopic (exact) mass is 463 g/mol. The number of hydrogen-bond acceptors (Lipinski definition) is 3. The van der Waals surface area contributed by atoms with Crippen molar-refractivity contribution in [3.05, 3.63) is 119 Å². The van der Waals surface area contributed by atoms with E-state index in [-0.39, 0.29) is 23.5 Å². The Balaban J connectivity index is 1.60. The molecule has 5 nitrogen and oxygen atoms in total. The van der Waals surface area contributed by atoms with Crippen molar-refractivity contribution >= 4 is 28.9 Å². The van der Waals surface area contributed by atoms with E-state index in [0.717, 1.165) is 22.3 Å². The lowest BCUT2D eigenvalue weighted by atomic mass is 9.82. The summed E-state index contributed by atoms with van der Waals surface area (Å²) < 4.78 is 0. The standard InChI is InChI=1S/C30H25NO4/c1-18(32)21-13-8-14-22(17-21)31-29(33)27-23-15-16-24(28(27)30(34)35)26(23)25(19-9-4-2-5-10-19)20-11-6-3-7-12-20/h2-17,23-24,27-28H,1H3,(H,31,33)(H,34,35)/t23-,24-,27-,28+/m0/s1. The minimum Gasteiger partial charge on any atom is -0.481 e. The van der Waals surface area contributed by atoms with Crippen LogP contribution in [0.3, 0.4) is 0 Å². The third-order valence-corrected chi connectivity index (χ3v) is 6.94. The highest BCUT2D eigenvalue weighted by Gasteiger charge is 2.55. The van der Waals surface area contributed by atoms with Crippen molar-refractivity contribution in [3.63, 3.8) is 0 Å². The Morgan fingerprint density at radius 3 is 1.80 bits per heavy atom. The Hall–Kier alpha value is -4.25. The molecule has 2 aliphatic carbocycles. The van der Waals surface area contributed by atoms with Gasteiger partial charge < -0.3 is 10.4 Å². The molecule has 0 aromatic heterocycles. The summed E-state index contributed by atoms with van der Waals surface area (Å²) in [7, 11) is 0. The normalized spacial score (nSPS) is 22.1. The maximum Gasteiger partial charge on any atom is 0.308 e. The van der Waals surface area contributed by atoms with Gasteiger partial charge in [-0.15, -0.1) is 0 Å². The highest BCUT2D eigenvalue weighted by atomic mass is 16.4. The van der Waals surface area contributed by atoms with Crippen LogP contribution in [0.4, 0.5) is 5.69 Å². The SMILES string of the molecule is CC(=O)c1cccc(NC(=O)[C@@H]2[C@H](C(=O)O)[C@H]3C=C[C@H]2C3=C(c2ccccc2)c2ccccc2)c1. The molecule has 4 atom stereocenters. The Labute approximate surface area is 203 Å². The van der Waals surface area contributed by atoms with E-state index in [1.807, 2.05) is 72.8 Å². The molecule has 5 heteroatoms. The number of allylic oxidation sites excluding steroid dienone is 3. The minimum absolute atomic E-state index is 0.104. The molecule has 3 aromatic carbocycles. The first-order chi connectivity index (χ1) is 17.0. The number of ketones is 1. The van der Waals surface area contributed by atoms with Gasteiger partial charge in [0.2, 0.25) is 5.91 Å². The number of carboxylic acids is 1. The second kappa shape index (κ2) is 9.18. The maximum absolute atomic E-state index is 13.5. The lowest BCUT2D eigenvalue weighted by Crippen LogP contribution is -2.36. The van der Waals surface area contributed by atoms with Crippen LogP contribution in [0, 0.1) is 23.7 Å². The fourth-order valence-corrected chi connectivity index (χ4v) is 5.46. The molecule has 3 aromatic rings. The van der Waals surface area contributed by atoms with E-state index in [1.165, 1.54) is 6.92 Å². The molecule has 2 aliphatic rings. The summed E-state index contributed by atoms with van der Waals surface area (Å²) in [6, 6.07) is 26.5. The Morgan fingerprint density at radius 1 is 0.714 bits per heavy atom. The third kappa shape index (κ3) is 4.10. The van der Waals surface area contributed by atoms with Crippen LogP contribution in [0.5, 0.6) is 0 Å². The number of rotatable bonds is 6. The van der Waals surface area contributed by atoms with Crippen LogP contribution in [-0.2, 0) is 9.59 Å². The molecule has 1 amide bonds. The van der Waals surface area contributed by atoms with E-state index < -0.39 is 17.8 Å². The minimum atomic E-state index is -0.988. The average Bonchev–Trinajstić information content (AvgIpc) is 3.42. The number of carbonyl (C=O) groups is 3. The fourth-order valence-electron chi connectivity index (χ4n) is 5.46. The molecule has 2 N–H and O–H groups in total. The first-order valence-electron chi connectivity index (χ1n) is 11.6. The van der Waals surface area contributed by atoms with E-state index in [9.17, 15) is 19.5 Å². The molecule has 0 saturated heterocycles. The molecule has 174 valence electrons. The van der Waals surface area contributed by atoms with Gasteiger partial charge in [0, 0.05) is 23.1 Å². The molecule has 0 spiro atoms. The molecule has 2 bridgehead atoms. The van der Waals surface area contributed by atoms with Crippen LogP contribution < -0.4 is 5.32 Å². The summed E-state index contributed by atoms with van der Waals surface area (Å²) in [5.74, 6) is -3.81. The number of fused-ring (bicyclic) bond motifs is 2. The maximum atomic E-state index is 13.5. The van der Waals surface area contributed by atoms with Crippen LogP contribution in [0.2, 0.25) is 0 Å². The Bertz CT molecular complexity index is 1320. The number of hydrogen-bond donors (Lipinski definition) is 2. The first kappa shape index (κ1) is 22.5. The molecule has 5 rings (SSSR count). The van der Waals surface area contributed by atoms with Crippen LogP contribution in [0.1, 0.15) is 28.4 Å². The van der Waals surface area contributed by atoms with Crippen molar-refractivity contribution in [1.29, 1.82) is 0 Å². The molecule has 1 saturated carbocycles. The van der Waals surface area contributed by atoms with Gasteiger partial charge in [-0.05, 0) is 41.3 Å². The van der Waals surface area contributed by atoms with Gasteiger partial charge in [0.15, 0.2) is 5.78 Å². The van der Waals surface area contributed by atoms with E-state index in [1.54, 1.807) is 24.3 Å². The number of nitrogens with one attached hydrogen (secondary N) is 1. The average molecular weight is 464 g/mol. The summed E-state index contributed by atoms with van der Waals surface area (Å²) in [6.07, 6.45) is 3.91. The van der Waals surface area contributed by atoms with E-state index in [2.05, 4.69) is 5.32 Å². The lowest BCUT2D eigenvalue weighted by molar-refractivity contribution is -0.146. The third-order valence-electron chi connectivity index (χ3n) is 6.94. The van der Waals surface area contributed by atoms with E-state index >= 15 is 0 Å². The van der Waals surface area contributed by atoms with Crippen molar-refractivity contribution in [2.75, 3.05) is 5.32 Å². The van der Waals surface area contributed by atoms with Gasteiger partial charge in [-0.25, -0.2) is 0 Å². The van der Waals surface area contributed by atoms with Crippen LogP contribution >= 0.6 is 0 Å². The smallest absolute Gasteiger partial charge is 0.308 e. The van der Waals surface area contributed by atoms with Crippen LogP contribution in [-0.4, -0.2) is 22.8 Å². The van der Waals surface area contributed by atoms with Gasteiger partial charge in [-0.3, -0.25) is 14.4 Å². The zero-order valence-corrected chi connectivity index (χ0v) is 19.2. The summed E-state index contributed by atoms with van der Waals surface area (Å²) >= 11 is 0. The molecule has 0 radical (unpaired) electrons. The van der Waals surface area contributed by atoms with Gasteiger partial charge in [-0.1, -0.05) is 84.9 Å². The van der Waals surface area contributed by atoms with Gasteiger partial charge in [0.05, 0.1) is 11.8 Å². The molecule has 1 fully saturated rings. The molecular formula is C30H25NO4. The predicted octanol–water partition coefficient (Wildman–Crippen LogP) is 5.46. The van der Waals surface area contributed by atoms with Crippen molar-refractivity contribution in [2.45, 2.75) is 6.92 Å². The van der Waals surface area contributed by atoms with Crippen LogP contribution in [0.15, 0.2) is 103 Å². The van der Waals surface area contributed by atoms with Gasteiger partial charge in [-0.2, -0.15) is 0 Å². The van der Waals surface area contributed by atoms with Crippen molar-refractivity contribution in [2.24, 2.45) is 23.7 Å². The summed E-state index contributed by atoms with van der Waals surface area (Å²) in [4.78, 5) is 37.8. The van der Waals surface area contributed by atoms with Crippen LogP contribution in [0.25, 0.3) is 5.57 Å². The second-order valence-corrected chi connectivity index (χ2v) is 9.01. The highest BCUT2D eigenvalue weighted by molar-refractivity contribution is 6.00. The van der Waals surface area contributed by atoms with Gasteiger partial charge in [0.1, 0.15) is 0 Å². The largest absolute Gasteiger partial charge is 0.481 e. The quantitative estimate of drug-likeness (QED) is 0.375. The number of amides is 1. The molecular weight excluding hydrogens is 438 g/mol. The lowest BCUT2D eigenvalue weighted by Gasteiger charge is -2.23. The van der Waals surface area contributed by atoms with Crippen molar-refractivity contribution in [3.8, 4) is 0 Å².